The number of carbonyl (C=O) groups excluding carboxylic acids is 1. The second-order valence-corrected chi connectivity index (χ2v) is 5.82. The molecule has 2 aromatic carbocycles. The molecule has 3 aromatic rings. The second-order valence-electron chi connectivity index (χ2n) is 5.43. The van der Waals surface area contributed by atoms with Crippen molar-refractivity contribution in [1.29, 1.82) is 0 Å². The van der Waals surface area contributed by atoms with E-state index in [0.717, 1.165) is 16.9 Å². The Morgan fingerprint density at radius 2 is 1.92 bits per heavy atom. The molecule has 0 fully saturated rings. The highest BCUT2D eigenvalue weighted by atomic mass is 32.1. The SMILES string of the molecule is COc1ccc(-c2n[nH]c(=S)n2CC(=O)NCc2ccccc2)cc1. The number of hydrogen-bond acceptors (Lipinski definition) is 4. The molecule has 1 heterocycles. The summed E-state index contributed by atoms with van der Waals surface area (Å²) in [6.07, 6.45) is 0. The van der Waals surface area contributed by atoms with Crippen LogP contribution in [0.1, 0.15) is 5.56 Å². The van der Waals surface area contributed by atoms with Crippen LogP contribution in [0.25, 0.3) is 11.4 Å². The predicted octanol–water partition coefficient (Wildman–Crippen LogP) is 2.93. The lowest BCUT2D eigenvalue weighted by Gasteiger charge is -2.09. The van der Waals surface area contributed by atoms with Crippen LogP contribution in [0.3, 0.4) is 0 Å². The first-order chi connectivity index (χ1) is 12.2. The molecular formula is C18H18N4O2S. The van der Waals surface area contributed by atoms with Gasteiger partial charge in [-0.15, -0.1) is 0 Å². The highest BCUT2D eigenvalue weighted by Crippen LogP contribution is 2.20. The molecule has 0 spiro atoms. The van der Waals surface area contributed by atoms with E-state index in [1.54, 1.807) is 11.7 Å². The number of amides is 1. The molecule has 7 heteroatoms. The third kappa shape index (κ3) is 4.13. The number of rotatable bonds is 6. The average molecular weight is 354 g/mol. The summed E-state index contributed by atoms with van der Waals surface area (Å²) in [7, 11) is 1.61. The molecule has 0 aliphatic carbocycles. The van der Waals surface area contributed by atoms with Gasteiger partial charge in [-0.25, -0.2) is 0 Å². The number of nitrogens with one attached hydrogen (secondary N) is 2. The van der Waals surface area contributed by atoms with Crippen molar-refractivity contribution < 1.29 is 9.53 Å². The van der Waals surface area contributed by atoms with Crippen molar-refractivity contribution in [2.75, 3.05) is 7.11 Å². The van der Waals surface area contributed by atoms with E-state index >= 15 is 0 Å². The monoisotopic (exact) mass is 354 g/mol. The van der Waals surface area contributed by atoms with Gasteiger partial charge in [-0.2, -0.15) is 5.10 Å². The van der Waals surface area contributed by atoms with E-state index in [-0.39, 0.29) is 12.5 Å². The molecule has 0 saturated carbocycles. The van der Waals surface area contributed by atoms with Gasteiger partial charge in [0.15, 0.2) is 10.6 Å². The smallest absolute Gasteiger partial charge is 0.240 e. The molecule has 0 radical (unpaired) electrons. The lowest BCUT2D eigenvalue weighted by molar-refractivity contribution is -0.121. The van der Waals surface area contributed by atoms with E-state index in [1.807, 2.05) is 54.6 Å². The van der Waals surface area contributed by atoms with E-state index in [1.165, 1.54) is 0 Å². The van der Waals surface area contributed by atoms with Crippen LogP contribution < -0.4 is 10.1 Å². The van der Waals surface area contributed by atoms with E-state index < -0.39 is 0 Å². The third-order valence-corrected chi connectivity index (χ3v) is 4.05. The first kappa shape index (κ1) is 16.9. The van der Waals surface area contributed by atoms with Gasteiger partial charge in [-0.05, 0) is 42.0 Å². The highest BCUT2D eigenvalue weighted by Gasteiger charge is 2.12. The minimum atomic E-state index is -0.129. The molecule has 128 valence electrons. The zero-order valence-electron chi connectivity index (χ0n) is 13.7. The Hall–Kier alpha value is -2.93. The molecule has 1 aromatic heterocycles. The zero-order chi connectivity index (χ0) is 17.6. The molecule has 0 bridgehead atoms. The summed E-state index contributed by atoms with van der Waals surface area (Å²) < 4.78 is 7.24. The van der Waals surface area contributed by atoms with Crippen LogP contribution in [0.5, 0.6) is 5.75 Å². The molecule has 0 atom stereocenters. The molecule has 3 rings (SSSR count). The summed E-state index contributed by atoms with van der Waals surface area (Å²) in [5.74, 6) is 1.24. The molecule has 2 N–H and O–H groups in total. The Morgan fingerprint density at radius 1 is 1.20 bits per heavy atom. The second kappa shape index (κ2) is 7.76. The van der Waals surface area contributed by atoms with E-state index in [4.69, 9.17) is 17.0 Å². The first-order valence-corrected chi connectivity index (χ1v) is 8.18. The number of methoxy groups -OCH3 is 1. The van der Waals surface area contributed by atoms with Gasteiger partial charge in [-0.3, -0.25) is 14.5 Å². The average Bonchev–Trinajstić information content (AvgIpc) is 3.01. The number of hydrogen-bond donors (Lipinski definition) is 2. The lowest BCUT2D eigenvalue weighted by Crippen LogP contribution is -2.27. The summed E-state index contributed by atoms with van der Waals surface area (Å²) in [4.78, 5) is 12.3. The molecule has 0 saturated heterocycles. The molecule has 6 nitrogen and oxygen atoms in total. The van der Waals surface area contributed by atoms with Crippen LogP contribution in [0, 0.1) is 4.77 Å². The quantitative estimate of drug-likeness (QED) is 0.668. The minimum Gasteiger partial charge on any atom is -0.497 e. The first-order valence-electron chi connectivity index (χ1n) is 7.77. The van der Waals surface area contributed by atoms with Crippen molar-refractivity contribution in [3.05, 3.63) is 64.9 Å². The summed E-state index contributed by atoms with van der Waals surface area (Å²) in [6, 6.07) is 17.2. The van der Waals surface area contributed by atoms with Gasteiger partial charge in [0.2, 0.25) is 5.91 Å². The fraction of sp³-hybridized carbons (Fsp3) is 0.167. The van der Waals surface area contributed by atoms with Crippen LogP contribution in [0.15, 0.2) is 54.6 Å². The fourth-order valence-electron chi connectivity index (χ4n) is 2.42. The fourth-order valence-corrected chi connectivity index (χ4v) is 2.62. The number of nitrogens with zero attached hydrogens (tertiary/aromatic N) is 2. The number of carbonyl (C=O) groups is 1. The number of H-pyrrole nitrogens is 1. The zero-order valence-corrected chi connectivity index (χ0v) is 14.5. The number of aromatic nitrogens is 3. The van der Waals surface area contributed by atoms with Gasteiger partial charge < -0.3 is 10.1 Å². The van der Waals surface area contributed by atoms with E-state index in [9.17, 15) is 4.79 Å². The maximum absolute atomic E-state index is 12.3. The predicted molar refractivity (Wildman–Crippen MR) is 97.7 cm³/mol. The van der Waals surface area contributed by atoms with Crippen LogP contribution in [-0.2, 0) is 17.9 Å². The Morgan fingerprint density at radius 3 is 2.60 bits per heavy atom. The Balaban J connectivity index is 1.72. The molecule has 25 heavy (non-hydrogen) atoms. The molecule has 0 unspecified atom stereocenters. The molecule has 0 aliphatic heterocycles. The lowest BCUT2D eigenvalue weighted by atomic mass is 10.2. The summed E-state index contributed by atoms with van der Waals surface area (Å²) in [6.45, 7) is 0.576. The summed E-state index contributed by atoms with van der Waals surface area (Å²) in [5, 5.41) is 9.88. The van der Waals surface area contributed by atoms with Crippen LogP contribution in [0.2, 0.25) is 0 Å². The van der Waals surface area contributed by atoms with Crippen molar-refractivity contribution in [3.8, 4) is 17.1 Å². The van der Waals surface area contributed by atoms with Crippen molar-refractivity contribution in [1.82, 2.24) is 20.1 Å². The Kier molecular flexibility index (Phi) is 5.25. The van der Waals surface area contributed by atoms with Crippen LogP contribution in [-0.4, -0.2) is 27.8 Å². The normalized spacial score (nSPS) is 10.4. The standard InChI is InChI=1S/C18H18N4O2S/c1-24-15-9-7-14(8-10-15)17-20-21-18(25)22(17)12-16(23)19-11-13-5-3-2-4-6-13/h2-10H,11-12H2,1H3,(H,19,23)(H,21,25). The Bertz CT molecular complexity index is 901. The van der Waals surface area contributed by atoms with Crippen LogP contribution in [0.4, 0.5) is 0 Å². The Labute approximate surface area is 150 Å². The maximum Gasteiger partial charge on any atom is 0.240 e. The molecule has 1 amide bonds. The van der Waals surface area contributed by atoms with Gasteiger partial charge in [-0.1, -0.05) is 30.3 Å². The van der Waals surface area contributed by atoms with Gasteiger partial charge >= 0.3 is 0 Å². The maximum atomic E-state index is 12.3. The third-order valence-electron chi connectivity index (χ3n) is 3.74. The molecular weight excluding hydrogens is 336 g/mol. The number of ether oxygens (including phenoxy) is 1. The minimum absolute atomic E-state index is 0.101. The van der Waals surface area contributed by atoms with Crippen molar-refractivity contribution in [2.45, 2.75) is 13.1 Å². The summed E-state index contributed by atoms with van der Waals surface area (Å²) in [5.41, 5.74) is 1.89. The van der Waals surface area contributed by atoms with Crippen molar-refractivity contribution in [2.24, 2.45) is 0 Å². The van der Waals surface area contributed by atoms with Crippen molar-refractivity contribution >= 4 is 18.1 Å². The van der Waals surface area contributed by atoms with Gasteiger partial charge in [0.05, 0.1) is 7.11 Å². The molecule has 0 aliphatic rings. The topological polar surface area (TPSA) is 71.9 Å². The van der Waals surface area contributed by atoms with Crippen LogP contribution >= 0.6 is 12.2 Å². The van der Waals surface area contributed by atoms with E-state index in [0.29, 0.717) is 17.1 Å². The highest BCUT2D eigenvalue weighted by molar-refractivity contribution is 7.71. The van der Waals surface area contributed by atoms with Gasteiger partial charge in [0.25, 0.3) is 0 Å². The van der Waals surface area contributed by atoms with E-state index in [2.05, 4.69) is 15.5 Å². The summed E-state index contributed by atoms with van der Waals surface area (Å²) >= 11 is 5.26. The van der Waals surface area contributed by atoms with Gasteiger partial charge in [0.1, 0.15) is 12.3 Å². The largest absolute Gasteiger partial charge is 0.497 e. The number of aromatic amines is 1. The van der Waals surface area contributed by atoms with Gasteiger partial charge in [0, 0.05) is 12.1 Å². The van der Waals surface area contributed by atoms with Crippen molar-refractivity contribution in [3.63, 3.8) is 0 Å². The number of benzene rings is 2.